The molecule has 1 aliphatic heterocycles. The Kier molecular flexibility index (Phi) is 6.54. The number of rotatable bonds is 5. The summed E-state index contributed by atoms with van der Waals surface area (Å²) in [5.74, 6) is 0.0771. The van der Waals surface area contributed by atoms with Crippen LogP contribution in [0.5, 0.6) is 0 Å². The van der Waals surface area contributed by atoms with Gasteiger partial charge in [0.15, 0.2) is 0 Å². The number of likely N-dealkylation sites (N-methyl/N-ethyl adjacent to an activating group) is 1. The second kappa shape index (κ2) is 8.63. The molecule has 2 amide bonds. The van der Waals surface area contributed by atoms with Gasteiger partial charge in [0.1, 0.15) is 0 Å². The van der Waals surface area contributed by atoms with Gasteiger partial charge in [0.05, 0.1) is 19.0 Å². The van der Waals surface area contributed by atoms with E-state index in [2.05, 4.69) is 11.0 Å². The zero-order chi connectivity index (χ0) is 18.4. The average Bonchev–Trinajstić information content (AvgIpc) is 2.58. The summed E-state index contributed by atoms with van der Waals surface area (Å²) in [6, 6.07) is 7.96. The van der Waals surface area contributed by atoms with Gasteiger partial charge in [-0.3, -0.25) is 14.5 Å². The molecular weight excluding hydrogens is 316 g/mol. The number of aryl methyl sites for hydroxylation is 2. The summed E-state index contributed by atoms with van der Waals surface area (Å²) < 4.78 is 0. The molecule has 6 nitrogen and oxygen atoms in total. The van der Waals surface area contributed by atoms with Crippen LogP contribution in [0.25, 0.3) is 0 Å². The highest BCUT2D eigenvalue weighted by molar-refractivity contribution is 5.94. The lowest BCUT2D eigenvalue weighted by Gasteiger charge is -2.35. The first-order valence-electron chi connectivity index (χ1n) is 8.61. The van der Waals surface area contributed by atoms with E-state index in [1.54, 1.807) is 11.9 Å². The van der Waals surface area contributed by atoms with Crippen LogP contribution in [0.4, 0.5) is 0 Å². The van der Waals surface area contributed by atoms with Crippen molar-refractivity contribution in [2.75, 3.05) is 46.3 Å². The minimum Gasteiger partial charge on any atom is -0.344 e. The van der Waals surface area contributed by atoms with E-state index >= 15 is 0 Å². The van der Waals surface area contributed by atoms with Crippen molar-refractivity contribution in [2.45, 2.75) is 20.3 Å². The largest absolute Gasteiger partial charge is 0.344 e. The van der Waals surface area contributed by atoms with Gasteiger partial charge >= 0.3 is 0 Å². The SMILES string of the molecule is Cc1cc(C)cc(C(=O)N2CCN(CC(=O)N(C)CCC#N)CC2)c1. The Balaban J connectivity index is 1.86. The standard InChI is InChI=1S/C19H26N4O2/c1-15-11-16(2)13-17(12-15)19(25)23-9-7-22(8-10-23)14-18(24)21(3)6-4-5-20/h11-13H,4,6-10,14H2,1-3H3. The van der Waals surface area contributed by atoms with Gasteiger partial charge in [-0.05, 0) is 26.0 Å². The number of amides is 2. The van der Waals surface area contributed by atoms with Crippen LogP contribution in [0.1, 0.15) is 27.9 Å². The minimum atomic E-state index is 0.0179. The lowest BCUT2D eigenvalue weighted by Crippen LogP contribution is -2.51. The molecule has 1 fully saturated rings. The predicted octanol–water partition coefficient (Wildman–Crippen LogP) is 1.43. The fourth-order valence-electron chi connectivity index (χ4n) is 3.04. The maximum Gasteiger partial charge on any atom is 0.253 e. The first kappa shape index (κ1) is 18.9. The summed E-state index contributed by atoms with van der Waals surface area (Å²) in [6.07, 6.45) is 0.348. The van der Waals surface area contributed by atoms with E-state index in [-0.39, 0.29) is 11.8 Å². The topological polar surface area (TPSA) is 67.7 Å². The van der Waals surface area contributed by atoms with E-state index in [4.69, 9.17) is 5.26 Å². The summed E-state index contributed by atoms with van der Waals surface area (Å²) in [5, 5.41) is 8.59. The van der Waals surface area contributed by atoms with Crippen LogP contribution < -0.4 is 0 Å². The van der Waals surface area contributed by atoms with Crippen LogP contribution in [0.2, 0.25) is 0 Å². The molecule has 1 aromatic carbocycles. The van der Waals surface area contributed by atoms with Gasteiger partial charge in [-0.1, -0.05) is 17.2 Å². The number of nitrogens with zero attached hydrogens (tertiary/aromatic N) is 4. The van der Waals surface area contributed by atoms with E-state index in [9.17, 15) is 9.59 Å². The molecule has 134 valence electrons. The molecule has 0 aromatic heterocycles. The van der Waals surface area contributed by atoms with Crippen molar-refractivity contribution in [3.05, 3.63) is 34.9 Å². The maximum absolute atomic E-state index is 12.7. The van der Waals surface area contributed by atoms with Crippen LogP contribution in [-0.4, -0.2) is 72.8 Å². The van der Waals surface area contributed by atoms with Crippen molar-refractivity contribution in [2.24, 2.45) is 0 Å². The molecule has 1 saturated heterocycles. The van der Waals surface area contributed by atoms with Crippen molar-refractivity contribution in [1.82, 2.24) is 14.7 Å². The number of carbonyl (C=O) groups is 2. The first-order chi connectivity index (χ1) is 11.9. The Hall–Kier alpha value is -2.39. The third-order valence-corrected chi connectivity index (χ3v) is 4.47. The van der Waals surface area contributed by atoms with Crippen LogP contribution in [0.15, 0.2) is 18.2 Å². The Morgan fingerprint density at radius 1 is 1.12 bits per heavy atom. The molecule has 1 heterocycles. The third kappa shape index (κ3) is 5.30. The molecule has 0 atom stereocenters. The van der Waals surface area contributed by atoms with Gasteiger partial charge < -0.3 is 9.80 Å². The van der Waals surface area contributed by atoms with Crippen LogP contribution in [0, 0.1) is 25.2 Å². The molecule has 2 rings (SSSR count). The number of hydrogen-bond donors (Lipinski definition) is 0. The third-order valence-electron chi connectivity index (χ3n) is 4.47. The fourth-order valence-corrected chi connectivity index (χ4v) is 3.04. The van der Waals surface area contributed by atoms with Gasteiger partial charge in [0, 0.05) is 45.3 Å². The van der Waals surface area contributed by atoms with Crippen molar-refractivity contribution in [1.29, 1.82) is 5.26 Å². The quantitative estimate of drug-likeness (QED) is 0.812. The Morgan fingerprint density at radius 3 is 2.28 bits per heavy atom. The molecule has 0 saturated carbocycles. The number of nitriles is 1. The number of benzene rings is 1. The minimum absolute atomic E-state index is 0.0179. The molecule has 0 radical (unpaired) electrons. The molecule has 0 bridgehead atoms. The van der Waals surface area contributed by atoms with Gasteiger partial charge in [0.2, 0.25) is 5.91 Å². The Morgan fingerprint density at radius 2 is 1.72 bits per heavy atom. The van der Waals surface area contributed by atoms with Crippen LogP contribution in [-0.2, 0) is 4.79 Å². The molecule has 25 heavy (non-hydrogen) atoms. The monoisotopic (exact) mass is 342 g/mol. The maximum atomic E-state index is 12.7. The fraction of sp³-hybridized carbons (Fsp3) is 0.526. The van der Waals surface area contributed by atoms with Crippen LogP contribution >= 0.6 is 0 Å². The Labute approximate surface area is 149 Å². The number of carbonyl (C=O) groups excluding carboxylic acids is 2. The highest BCUT2D eigenvalue weighted by atomic mass is 16.2. The van der Waals surface area contributed by atoms with Gasteiger partial charge in [-0.25, -0.2) is 0 Å². The lowest BCUT2D eigenvalue weighted by atomic mass is 10.1. The molecule has 1 aromatic rings. The smallest absolute Gasteiger partial charge is 0.253 e. The van der Waals surface area contributed by atoms with Crippen LogP contribution in [0.3, 0.4) is 0 Å². The van der Waals surface area contributed by atoms with E-state index in [1.165, 1.54) is 0 Å². The average molecular weight is 342 g/mol. The molecule has 0 aliphatic carbocycles. The normalized spacial score (nSPS) is 14.9. The highest BCUT2D eigenvalue weighted by Crippen LogP contribution is 2.13. The lowest BCUT2D eigenvalue weighted by molar-refractivity contribution is -0.131. The molecule has 0 spiro atoms. The number of piperazine rings is 1. The highest BCUT2D eigenvalue weighted by Gasteiger charge is 2.24. The molecule has 1 aliphatic rings. The summed E-state index contributed by atoms with van der Waals surface area (Å²) in [6.45, 7) is 7.42. The summed E-state index contributed by atoms with van der Waals surface area (Å²) in [7, 11) is 1.72. The van der Waals surface area contributed by atoms with Gasteiger partial charge in [0.25, 0.3) is 5.91 Å². The predicted molar refractivity (Wildman–Crippen MR) is 96.1 cm³/mol. The van der Waals surface area contributed by atoms with Crippen molar-refractivity contribution < 1.29 is 9.59 Å². The van der Waals surface area contributed by atoms with Crippen molar-refractivity contribution in [3.8, 4) is 6.07 Å². The zero-order valence-electron chi connectivity index (χ0n) is 15.3. The Bertz CT molecular complexity index is 652. The van der Waals surface area contributed by atoms with Gasteiger partial charge in [-0.15, -0.1) is 0 Å². The number of hydrogen-bond acceptors (Lipinski definition) is 4. The molecule has 0 unspecified atom stereocenters. The van der Waals surface area contributed by atoms with E-state index in [0.717, 1.165) is 16.7 Å². The van der Waals surface area contributed by atoms with Crippen molar-refractivity contribution in [3.63, 3.8) is 0 Å². The van der Waals surface area contributed by atoms with Gasteiger partial charge in [-0.2, -0.15) is 5.26 Å². The first-order valence-corrected chi connectivity index (χ1v) is 8.61. The van der Waals surface area contributed by atoms with Crippen molar-refractivity contribution >= 4 is 11.8 Å². The molecule has 6 heteroatoms. The molecule has 0 N–H and O–H groups in total. The summed E-state index contributed by atoms with van der Waals surface area (Å²) in [5.41, 5.74) is 2.92. The summed E-state index contributed by atoms with van der Waals surface area (Å²) >= 11 is 0. The zero-order valence-corrected chi connectivity index (χ0v) is 15.3. The second-order valence-electron chi connectivity index (χ2n) is 6.67. The second-order valence-corrected chi connectivity index (χ2v) is 6.67. The summed E-state index contributed by atoms with van der Waals surface area (Å²) in [4.78, 5) is 30.3. The van der Waals surface area contributed by atoms with E-state index in [0.29, 0.717) is 45.7 Å². The van der Waals surface area contributed by atoms with E-state index < -0.39 is 0 Å². The molecular formula is C19H26N4O2. The van der Waals surface area contributed by atoms with E-state index in [1.807, 2.05) is 36.9 Å².